The van der Waals surface area contributed by atoms with Gasteiger partial charge in [0.15, 0.2) is 5.69 Å². The lowest BCUT2D eigenvalue weighted by Crippen LogP contribution is -2.07. The van der Waals surface area contributed by atoms with Crippen LogP contribution in [0.5, 0.6) is 0 Å². The fourth-order valence-electron chi connectivity index (χ4n) is 1.52. The second kappa shape index (κ2) is 4.25. The van der Waals surface area contributed by atoms with E-state index in [1.165, 1.54) is 6.20 Å². The number of fused-ring (bicyclic) bond motifs is 1. The molecule has 0 bridgehead atoms. The van der Waals surface area contributed by atoms with Crippen LogP contribution in [0.2, 0.25) is 0 Å². The van der Waals surface area contributed by atoms with Gasteiger partial charge in [0.2, 0.25) is 0 Å². The number of rotatable bonds is 2. The van der Waals surface area contributed by atoms with Crippen LogP contribution in [-0.4, -0.2) is 22.0 Å². The quantitative estimate of drug-likeness (QED) is 0.796. The largest absolute Gasteiger partial charge is 0.461 e. The Hall–Kier alpha value is -1.36. The Morgan fingerprint density at radius 3 is 3.06 bits per heavy atom. The Morgan fingerprint density at radius 2 is 2.38 bits per heavy atom. The summed E-state index contributed by atoms with van der Waals surface area (Å²) in [5.41, 5.74) is 2.21. The number of hydrogen-bond acceptors (Lipinski definition) is 3. The van der Waals surface area contributed by atoms with E-state index < -0.39 is 0 Å². The van der Waals surface area contributed by atoms with E-state index in [-0.39, 0.29) is 5.97 Å². The summed E-state index contributed by atoms with van der Waals surface area (Å²) in [5, 5.41) is 0. The summed E-state index contributed by atoms with van der Waals surface area (Å²) in [6.45, 7) is 4.09. The SMILES string of the molecule is CCOC(=O)c1cnc2c(C)c(Br)ccn12. The maximum absolute atomic E-state index is 11.6. The second-order valence-corrected chi connectivity index (χ2v) is 4.20. The highest BCUT2D eigenvalue weighted by Crippen LogP contribution is 2.20. The Bertz CT molecular complexity index is 548. The number of carbonyl (C=O) groups is 1. The maximum Gasteiger partial charge on any atom is 0.356 e. The lowest BCUT2D eigenvalue weighted by atomic mass is 10.3. The van der Waals surface area contributed by atoms with E-state index in [0.717, 1.165) is 15.7 Å². The number of imidazole rings is 1. The van der Waals surface area contributed by atoms with E-state index in [2.05, 4.69) is 20.9 Å². The molecule has 0 aliphatic heterocycles. The van der Waals surface area contributed by atoms with Gasteiger partial charge in [-0.2, -0.15) is 0 Å². The number of halogens is 1. The lowest BCUT2D eigenvalue weighted by Gasteiger charge is -2.04. The first-order valence-electron chi connectivity index (χ1n) is 4.94. The fourth-order valence-corrected chi connectivity index (χ4v) is 1.81. The van der Waals surface area contributed by atoms with E-state index in [4.69, 9.17) is 4.74 Å². The summed E-state index contributed by atoms with van der Waals surface area (Å²) in [5.74, 6) is -0.350. The zero-order valence-electron chi connectivity index (χ0n) is 9.03. The summed E-state index contributed by atoms with van der Waals surface area (Å²) in [4.78, 5) is 15.8. The van der Waals surface area contributed by atoms with Crippen LogP contribution in [0.25, 0.3) is 5.65 Å². The molecule has 0 saturated carbocycles. The van der Waals surface area contributed by atoms with Crippen molar-refractivity contribution in [2.75, 3.05) is 6.61 Å². The monoisotopic (exact) mass is 282 g/mol. The Morgan fingerprint density at radius 1 is 1.62 bits per heavy atom. The van der Waals surface area contributed by atoms with Crippen molar-refractivity contribution in [1.29, 1.82) is 0 Å². The van der Waals surface area contributed by atoms with Gasteiger partial charge in [0.25, 0.3) is 0 Å². The molecule has 2 rings (SSSR count). The molecule has 0 aliphatic rings. The normalized spacial score (nSPS) is 10.7. The molecule has 0 saturated heterocycles. The first kappa shape index (κ1) is 11.1. The van der Waals surface area contributed by atoms with Gasteiger partial charge >= 0.3 is 5.97 Å². The van der Waals surface area contributed by atoms with E-state index in [1.807, 2.05) is 13.0 Å². The van der Waals surface area contributed by atoms with Crippen LogP contribution >= 0.6 is 15.9 Å². The number of esters is 1. The Kier molecular flexibility index (Phi) is 2.96. The van der Waals surface area contributed by atoms with Crippen molar-refractivity contribution >= 4 is 27.5 Å². The summed E-state index contributed by atoms with van der Waals surface area (Å²) in [6, 6.07) is 1.88. The van der Waals surface area contributed by atoms with Crippen LogP contribution in [0.4, 0.5) is 0 Å². The highest BCUT2D eigenvalue weighted by molar-refractivity contribution is 9.10. The number of hydrogen-bond donors (Lipinski definition) is 0. The predicted octanol–water partition coefficient (Wildman–Crippen LogP) is 2.58. The molecule has 0 spiro atoms. The van der Waals surface area contributed by atoms with E-state index >= 15 is 0 Å². The number of aromatic nitrogens is 2. The van der Waals surface area contributed by atoms with Crippen LogP contribution in [0.15, 0.2) is 22.9 Å². The Balaban J connectivity index is 2.58. The molecule has 4 nitrogen and oxygen atoms in total. The van der Waals surface area contributed by atoms with Gasteiger partial charge in [0.05, 0.1) is 12.8 Å². The molecule has 0 atom stereocenters. The molecule has 84 valence electrons. The highest BCUT2D eigenvalue weighted by Gasteiger charge is 2.14. The molecule has 0 unspecified atom stereocenters. The number of pyridine rings is 1. The molecule has 0 fully saturated rings. The minimum atomic E-state index is -0.350. The molecule has 16 heavy (non-hydrogen) atoms. The smallest absolute Gasteiger partial charge is 0.356 e. The molecule has 2 aromatic rings. The summed E-state index contributed by atoms with van der Waals surface area (Å²) in [6.07, 6.45) is 3.33. The van der Waals surface area contributed by atoms with E-state index in [9.17, 15) is 4.79 Å². The van der Waals surface area contributed by atoms with Crippen LogP contribution < -0.4 is 0 Å². The molecule has 0 aromatic carbocycles. The van der Waals surface area contributed by atoms with Crippen LogP contribution in [-0.2, 0) is 4.74 Å². The molecular weight excluding hydrogens is 272 g/mol. The van der Waals surface area contributed by atoms with Gasteiger partial charge in [-0.25, -0.2) is 9.78 Å². The molecular formula is C11H11BrN2O2. The lowest BCUT2D eigenvalue weighted by molar-refractivity contribution is 0.0518. The van der Waals surface area contributed by atoms with Crippen molar-refractivity contribution in [3.8, 4) is 0 Å². The minimum absolute atomic E-state index is 0.350. The molecule has 0 N–H and O–H groups in total. The average Bonchev–Trinajstić information content (AvgIpc) is 2.68. The zero-order chi connectivity index (χ0) is 11.7. The van der Waals surface area contributed by atoms with Crippen molar-refractivity contribution in [3.63, 3.8) is 0 Å². The van der Waals surface area contributed by atoms with Crippen molar-refractivity contribution in [1.82, 2.24) is 9.38 Å². The Labute approximate surface area is 101 Å². The molecule has 0 aliphatic carbocycles. The summed E-state index contributed by atoms with van der Waals surface area (Å²) >= 11 is 3.42. The molecule has 5 heteroatoms. The van der Waals surface area contributed by atoms with E-state index in [0.29, 0.717) is 12.3 Å². The van der Waals surface area contributed by atoms with Crippen molar-refractivity contribution in [2.24, 2.45) is 0 Å². The van der Waals surface area contributed by atoms with Gasteiger partial charge in [0, 0.05) is 16.2 Å². The predicted molar refractivity (Wildman–Crippen MR) is 63.6 cm³/mol. The molecule has 0 amide bonds. The summed E-state index contributed by atoms with van der Waals surface area (Å²) < 4.78 is 7.66. The van der Waals surface area contributed by atoms with Gasteiger partial charge in [-0.15, -0.1) is 0 Å². The van der Waals surface area contributed by atoms with Gasteiger partial charge < -0.3 is 4.74 Å². The highest BCUT2D eigenvalue weighted by atomic mass is 79.9. The van der Waals surface area contributed by atoms with Crippen LogP contribution in [0, 0.1) is 6.92 Å². The van der Waals surface area contributed by atoms with Crippen LogP contribution in [0.1, 0.15) is 23.0 Å². The van der Waals surface area contributed by atoms with Crippen LogP contribution in [0.3, 0.4) is 0 Å². The number of carbonyl (C=O) groups excluding carboxylic acids is 1. The zero-order valence-corrected chi connectivity index (χ0v) is 10.6. The molecule has 2 heterocycles. The van der Waals surface area contributed by atoms with Crippen molar-refractivity contribution in [3.05, 3.63) is 34.2 Å². The number of nitrogens with zero attached hydrogens (tertiary/aromatic N) is 2. The van der Waals surface area contributed by atoms with Gasteiger partial charge in [-0.1, -0.05) is 15.9 Å². The number of aryl methyl sites for hydroxylation is 1. The van der Waals surface area contributed by atoms with Crippen molar-refractivity contribution in [2.45, 2.75) is 13.8 Å². The second-order valence-electron chi connectivity index (χ2n) is 3.35. The third kappa shape index (κ3) is 1.71. The van der Waals surface area contributed by atoms with Gasteiger partial charge in [-0.3, -0.25) is 4.40 Å². The minimum Gasteiger partial charge on any atom is -0.461 e. The maximum atomic E-state index is 11.6. The average molecular weight is 283 g/mol. The fraction of sp³-hybridized carbons (Fsp3) is 0.273. The first-order chi connectivity index (χ1) is 7.65. The molecule has 2 aromatic heterocycles. The van der Waals surface area contributed by atoms with Gasteiger partial charge in [0.1, 0.15) is 5.65 Å². The third-order valence-corrected chi connectivity index (χ3v) is 3.20. The number of ether oxygens (including phenoxy) is 1. The van der Waals surface area contributed by atoms with Gasteiger partial charge in [-0.05, 0) is 19.9 Å². The molecule has 0 radical (unpaired) electrons. The topological polar surface area (TPSA) is 43.6 Å². The first-order valence-corrected chi connectivity index (χ1v) is 5.73. The van der Waals surface area contributed by atoms with Crippen molar-refractivity contribution < 1.29 is 9.53 Å². The standard InChI is InChI=1S/C11H11BrN2O2/c1-3-16-11(15)9-6-13-10-7(2)8(12)4-5-14(9)10/h4-6H,3H2,1-2H3. The summed E-state index contributed by atoms with van der Waals surface area (Å²) in [7, 11) is 0. The van der Waals surface area contributed by atoms with E-state index in [1.54, 1.807) is 17.5 Å². The third-order valence-electron chi connectivity index (χ3n) is 2.34.